The monoisotopic (exact) mass is 206 g/mol. The summed E-state index contributed by atoms with van der Waals surface area (Å²) >= 11 is 0. The van der Waals surface area contributed by atoms with E-state index < -0.39 is 0 Å². The van der Waals surface area contributed by atoms with Crippen molar-refractivity contribution in [3.63, 3.8) is 0 Å². The molecule has 2 aromatic rings. The third-order valence-corrected chi connectivity index (χ3v) is 2.28. The second-order valence-corrected chi connectivity index (χ2v) is 3.41. The molecule has 0 amide bonds. The van der Waals surface area contributed by atoms with Crippen molar-refractivity contribution in [2.45, 2.75) is 13.5 Å². The predicted octanol–water partition coefficient (Wildman–Crippen LogP) is 0.968. The molecule has 2 aromatic heterocycles. The maximum Gasteiger partial charge on any atom is 0.202 e. The fourth-order valence-electron chi connectivity index (χ4n) is 1.52. The number of nitrogens with zero attached hydrogens (tertiary/aromatic N) is 3. The van der Waals surface area contributed by atoms with Gasteiger partial charge in [-0.25, -0.2) is 9.97 Å². The Bertz CT molecular complexity index is 477. The number of imidazole rings is 1. The second kappa shape index (κ2) is 3.86. The zero-order valence-electron chi connectivity index (χ0n) is 8.90. The molecule has 80 valence electrons. The Morgan fingerprint density at radius 2 is 2.20 bits per heavy atom. The summed E-state index contributed by atoms with van der Waals surface area (Å²) in [5.74, 6) is 0.486. The molecule has 2 rings (SSSR count). The van der Waals surface area contributed by atoms with Crippen LogP contribution >= 0.6 is 0 Å². The predicted molar refractivity (Wildman–Crippen MR) is 58.6 cm³/mol. The van der Waals surface area contributed by atoms with E-state index in [0.717, 1.165) is 16.9 Å². The molecule has 0 aliphatic rings. The van der Waals surface area contributed by atoms with Crippen LogP contribution < -0.4 is 5.73 Å². The number of aryl methyl sites for hydroxylation is 1. The van der Waals surface area contributed by atoms with Crippen LogP contribution in [0.3, 0.4) is 0 Å². The highest BCUT2D eigenvalue weighted by Crippen LogP contribution is 2.15. The molecular formula is C10H14N4O. The van der Waals surface area contributed by atoms with Gasteiger partial charge in [0.1, 0.15) is 5.52 Å². The molecule has 0 aromatic carbocycles. The van der Waals surface area contributed by atoms with E-state index in [1.807, 2.05) is 23.6 Å². The number of ether oxygens (including phenoxy) is 1. The van der Waals surface area contributed by atoms with Gasteiger partial charge in [0.15, 0.2) is 5.65 Å². The molecule has 0 aliphatic carbocycles. The quantitative estimate of drug-likeness (QED) is 0.812. The number of rotatable bonds is 3. The van der Waals surface area contributed by atoms with Gasteiger partial charge in [0.25, 0.3) is 0 Å². The van der Waals surface area contributed by atoms with Gasteiger partial charge in [-0.05, 0) is 19.1 Å². The topological polar surface area (TPSA) is 66.0 Å². The van der Waals surface area contributed by atoms with Crippen molar-refractivity contribution in [2.24, 2.45) is 0 Å². The van der Waals surface area contributed by atoms with Gasteiger partial charge in [-0.1, -0.05) is 0 Å². The Balaban J connectivity index is 2.50. The van der Waals surface area contributed by atoms with Crippen molar-refractivity contribution in [3.05, 3.63) is 17.8 Å². The largest absolute Gasteiger partial charge is 0.383 e. The molecule has 5 heteroatoms. The fourth-order valence-corrected chi connectivity index (χ4v) is 1.52. The summed E-state index contributed by atoms with van der Waals surface area (Å²) in [7, 11) is 1.66. The van der Waals surface area contributed by atoms with Crippen LogP contribution in [0.2, 0.25) is 0 Å². The first kappa shape index (κ1) is 9.92. The van der Waals surface area contributed by atoms with Crippen molar-refractivity contribution in [1.29, 1.82) is 0 Å². The highest BCUT2D eigenvalue weighted by atomic mass is 16.5. The standard InChI is InChI=1S/C10H14N4O/c1-7-3-4-8-9(12-7)14(5-6-15-2)10(11)13-8/h3-4H,5-6H2,1-2H3,(H2,11,13). The summed E-state index contributed by atoms with van der Waals surface area (Å²) in [6.07, 6.45) is 0. The van der Waals surface area contributed by atoms with Crippen molar-refractivity contribution < 1.29 is 4.74 Å². The minimum absolute atomic E-state index is 0.486. The number of fused-ring (bicyclic) bond motifs is 1. The summed E-state index contributed by atoms with van der Waals surface area (Å²) in [6, 6.07) is 3.85. The number of hydrogen-bond acceptors (Lipinski definition) is 4. The summed E-state index contributed by atoms with van der Waals surface area (Å²) in [5, 5.41) is 0. The molecule has 0 spiro atoms. The fraction of sp³-hybridized carbons (Fsp3) is 0.400. The van der Waals surface area contributed by atoms with Crippen LogP contribution in [0.15, 0.2) is 12.1 Å². The van der Waals surface area contributed by atoms with Gasteiger partial charge in [0.2, 0.25) is 5.95 Å². The Kier molecular flexibility index (Phi) is 2.55. The SMILES string of the molecule is COCCn1c(N)nc2ccc(C)nc21. The van der Waals surface area contributed by atoms with E-state index >= 15 is 0 Å². The van der Waals surface area contributed by atoms with Gasteiger partial charge < -0.3 is 10.5 Å². The van der Waals surface area contributed by atoms with Crippen LogP contribution in [-0.2, 0) is 11.3 Å². The number of anilines is 1. The first-order chi connectivity index (χ1) is 7.22. The number of hydrogen-bond donors (Lipinski definition) is 1. The van der Waals surface area contributed by atoms with E-state index in [2.05, 4.69) is 9.97 Å². The number of methoxy groups -OCH3 is 1. The average molecular weight is 206 g/mol. The zero-order valence-corrected chi connectivity index (χ0v) is 8.90. The highest BCUT2D eigenvalue weighted by molar-refractivity contribution is 5.74. The Hall–Kier alpha value is -1.62. The van der Waals surface area contributed by atoms with E-state index in [1.54, 1.807) is 7.11 Å². The zero-order chi connectivity index (χ0) is 10.8. The van der Waals surface area contributed by atoms with E-state index in [0.29, 0.717) is 19.1 Å². The molecule has 0 radical (unpaired) electrons. The summed E-state index contributed by atoms with van der Waals surface area (Å²) in [4.78, 5) is 8.64. The number of pyridine rings is 1. The lowest BCUT2D eigenvalue weighted by Crippen LogP contribution is -2.08. The first-order valence-electron chi connectivity index (χ1n) is 4.80. The lowest BCUT2D eigenvalue weighted by molar-refractivity contribution is 0.188. The van der Waals surface area contributed by atoms with Gasteiger partial charge in [-0.3, -0.25) is 4.57 Å². The smallest absolute Gasteiger partial charge is 0.202 e. The molecule has 0 saturated carbocycles. The summed E-state index contributed by atoms with van der Waals surface area (Å²) < 4.78 is 6.88. The van der Waals surface area contributed by atoms with Crippen molar-refractivity contribution in [1.82, 2.24) is 14.5 Å². The maximum atomic E-state index is 5.80. The average Bonchev–Trinajstić information content (AvgIpc) is 2.51. The Morgan fingerprint density at radius 3 is 2.93 bits per heavy atom. The molecule has 0 saturated heterocycles. The molecule has 0 atom stereocenters. The number of aromatic nitrogens is 3. The van der Waals surface area contributed by atoms with E-state index in [4.69, 9.17) is 10.5 Å². The number of nitrogen functional groups attached to an aromatic ring is 1. The van der Waals surface area contributed by atoms with Crippen LogP contribution in [0, 0.1) is 6.92 Å². The lowest BCUT2D eigenvalue weighted by Gasteiger charge is -2.04. The van der Waals surface area contributed by atoms with Crippen molar-refractivity contribution >= 4 is 17.1 Å². The minimum Gasteiger partial charge on any atom is -0.383 e. The third kappa shape index (κ3) is 1.78. The van der Waals surface area contributed by atoms with Crippen LogP contribution in [-0.4, -0.2) is 28.3 Å². The van der Waals surface area contributed by atoms with E-state index in [1.165, 1.54) is 0 Å². The van der Waals surface area contributed by atoms with Gasteiger partial charge in [0, 0.05) is 12.8 Å². The van der Waals surface area contributed by atoms with Gasteiger partial charge >= 0.3 is 0 Å². The third-order valence-electron chi connectivity index (χ3n) is 2.28. The normalized spacial score (nSPS) is 11.1. The lowest BCUT2D eigenvalue weighted by atomic mass is 10.3. The highest BCUT2D eigenvalue weighted by Gasteiger charge is 2.08. The van der Waals surface area contributed by atoms with Gasteiger partial charge in [-0.15, -0.1) is 0 Å². The first-order valence-corrected chi connectivity index (χ1v) is 4.80. The molecule has 0 fully saturated rings. The molecule has 0 aliphatic heterocycles. The van der Waals surface area contributed by atoms with E-state index in [-0.39, 0.29) is 0 Å². The summed E-state index contributed by atoms with van der Waals surface area (Å²) in [5.41, 5.74) is 8.41. The number of nitrogens with two attached hydrogens (primary N) is 1. The van der Waals surface area contributed by atoms with Crippen LogP contribution in [0.25, 0.3) is 11.2 Å². The minimum atomic E-state index is 0.486. The van der Waals surface area contributed by atoms with Crippen LogP contribution in [0.4, 0.5) is 5.95 Å². The van der Waals surface area contributed by atoms with Crippen LogP contribution in [0.5, 0.6) is 0 Å². The van der Waals surface area contributed by atoms with Gasteiger partial charge in [-0.2, -0.15) is 0 Å². The van der Waals surface area contributed by atoms with Crippen molar-refractivity contribution in [3.8, 4) is 0 Å². The van der Waals surface area contributed by atoms with E-state index in [9.17, 15) is 0 Å². The Labute approximate surface area is 87.9 Å². The molecule has 2 heterocycles. The maximum absolute atomic E-state index is 5.80. The molecule has 2 N–H and O–H groups in total. The van der Waals surface area contributed by atoms with Gasteiger partial charge in [0.05, 0.1) is 13.2 Å². The molecular weight excluding hydrogens is 192 g/mol. The molecule has 0 unspecified atom stereocenters. The summed E-state index contributed by atoms with van der Waals surface area (Å²) in [6.45, 7) is 3.23. The Morgan fingerprint density at radius 1 is 1.40 bits per heavy atom. The van der Waals surface area contributed by atoms with Crippen LogP contribution in [0.1, 0.15) is 5.69 Å². The second-order valence-electron chi connectivity index (χ2n) is 3.41. The molecule has 15 heavy (non-hydrogen) atoms. The molecule has 5 nitrogen and oxygen atoms in total. The molecule has 0 bridgehead atoms. The van der Waals surface area contributed by atoms with Crippen molar-refractivity contribution in [2.75, 3.05) is 19.5 Å².